The molecule has 1 aromatic heterocycles. The van der Waals surface area contributed by atoms with E-state index >= 15 is 0 Å². The van der Waals surface area contributed by atoms with Crippen molar-refractivity contribution in [2.45, 2.75) is 6.42 Å². The fraction of sp³-hybridized carbons (Fsp3) is 0.182. The topological polar surface area (TPSA) is 33.1 Å². The van der Waals surface area contributed by atoms with Crippen LogP contribution in [0.3, 0.4) is 0 Å². The van der Waals surface area contributed by atoms with E-state index in [2.05, 4.69) is 4.98 Å². The molecular formula is C11H10ClNO. The molecule has 72 valence electrons. The molecule has 0 bridgehead atoms. The standard InChI is InChI=1S/C11H10ClNO/c12-6-5-8-3-4-10(14)11-9(8)2-1-7-13-11/h1-4,7,14H,5-6H2. The molecule has 0 saturated heterocycles. The van der Waals surface area contributed by atoms with Crippen LogP contribution in [0, 0.1) is 0 Å². The fourth-order valence-electron chi connectivity index (χ4n) is 1.54. The summed E-state index contributed by atoms with van der Waals surface area (Å²) in [6.07, 6.45) is 2.47. The molecule has 3 heteroatoms. The van der Waals surface area contributed by atoms with Gasteiger partial charge in [-0.25, -0.2) is 0 Å². The number of halogens is 1. The number of nitrogens with zero attached hydrogens (tertiary/aromatic N) is 1. The molecule has 1 aromatic carbocycles. The van der Waals surface area contributed by atoms with Crippen LogP contribution >= 0.6 is 11.6 Å². The van der Waals surface area contributed by atoms with Crippen LogP contribution in [0.4, 0.5) is 0 Å². The second-order valence-corrected chi connectivity index (χ2v) is 3.46. The fourth-order valence-corrected chi connectivity index (χ4v) is 1.74. The molecule has 0 unspecified atom stereocenters. The molecular weight excluding hydrogens is 198 g/mol. The maximum atomic E-state index is 9.57. The second-order valence-electron chi connectivity index (χ2n) is 3.08. The third-order valence-corrected chi connectivity index (χ3v) is 2.39. The van der Waals surface area contributed by atoms with Gasteiger partial charge in [0.2, 0.25) is 0 Å². The molecule has 1 N–H and O–H groups in total. The van der Waals surface area contributed by atoms with E-state index < -0.39 is 0 Å². The average Bonchev–Trinajstić information content (AvgIpc) is 2.23. The van der Waals surface area contributed by atoms with Crippen molar-refractivity contribution in [3.05, 3.63) is 36.0 Å². The first-order valence-corrected chi connectivity index (χ1v) is 4.98. The molecule has 0 aliphatic rings. The van der Waals surface area contributed by atoms with Gasteiger partial charge < -0.3 is 5.11 Å². The number of benzene rings is 1. The second kappa shape index (κ2) is 3.84. The summed E-state index contributed by atoms with van der Waals surface area (Å²) in [7, 11) is 0. The number of aryl methyl sites for hydroxylation is 1. The maximum absolute atomic E-state index is 9.57. The van der Waals surface area contributed by atoms with Gasteiger partial charge in [0.05, 0.1) is 0 Å². The zero-order chi connectivity index (χ0) is 9.97. The molecule has 1 heterocycles. The SMILES string of the molecule is Oc1ccc(CCCl)c2cccnc12. The molecule has 14 heavy (non-hydrogen) atoms. The van der Waals surface area contributed by atoms with Crippen LogP contribution in [0.15, 0.2) is 30.5 Å². The largest absolute Gasteiger partial charge is 0.506 e. The maximum Gasteiger partial charge on any atom is 0.141 e. The number of alkyl halides is 1. The number of fused-ring (bicyclic) bond motifs is 1. The number of phenolic OH excluding ortho intramolecular Hbond substituents is 1. The van der Waals surface area contributed by atoms with Gasteiger partial charge in [-0.2, -0.15) is 0 Å². The van der Waals surface area contributed by atoms with Crippen molar-refractivity contribution in [2.75, 3.05) is 5.88 Å². The van der Waals surface area contributed by atoms with Crippen molar-refractivity contribution in [1.29, 1.82) is 0 Å². The minimum atomic E-state index is 0.221. The average molecular weight is 208 g/mol. The monoisotopic (exact) mass is 207 g/mol. The summed E-state index contributed by atoms with van der Waals surface area (Å²) in [5.74, 6) is 0.799. The quantitative estimate of drug-likeness (QED) is 0.769. The Kier molecular flexibility index (Phi) is 2.55. The predicted molar refractivity (Wildman–Crippen MR) is 57.8 cm³/mol. The van der Waals surface area contributed by atoms with Gasteiger partial charge >= 0.3 is 0 Å². The summed E-state index contributed by atoms with van der Waals surface area (Å²) in [6, 6.07) is 7.36. The number of aromatic hydroxyl groups is 1. The Hall–Kier alpha value is -1.28. The van der Waals surface area contributed by atoms with E-state index in [0.29, 0.717) is 11.4 Å². The molecule has 0 aliphatic heterocycles. The molecule has 0 spiro atoms. The summed E-state index contributed by atoms with van der Waals surface area (Å²) >= 11 is 5.69. The minimum absolute atomic E-state index is 0.221. The summed E-state index contributed by atoms with van der Waals surface area (Å²) in [5, 5.41) is 10.5. The highest BCUT2D eigenvalue weighted by Crippen LogP contribution is 2.25. The molecule has 2 rings (SSSR count). The Morgan fingerprint density at radius 2 is 2.14 bits per heavy atom. The molecule has 0 saturated carbocycles. The van der Waals surface area contributed by atoms with Gasteiger partial charge in [-0.3, -0.25) is 4.98 Å². The van der Waals surface area contributed by atoms with Crippen molar-refractivity contribution < 1.29 is 5.11 Å². The van der Waals surface area contributed by atoms with Gasteiger partial charge in [0.25, 0.3) is 0 Å². The Bertz CT molecular complexity index is 456. The van der Waals surface area contributed by atoms with Gasteiger partial charge in [0, 0.05) is 17.5 Å². The smallest absolute Gasteiger partial charge is 0.141 e. The number of rotatable bonds is 2. The lowest BCUT2D eigenvalue weighted by Gasteiger charge is -2.05. The minimum Gasteiger partial charge on any atom is -0.506 e. The highest BCUT2D eigenvalue weighted by molar-refractivity contribution is 6.18. The van der Waals surface area contributed by atoms with Crippen molar-refractivity contribution in [1.82, 2.24) is 4.98 Å². The van der Waals surface area contributed by atoms with Crippen LogP contribution in [-0.4, -0.2) is 16.0 Å². The highest BCUT2D eigenvalue weighted by Gasteiger charge is 2.04. The van der Waals surface area contributed by atoms with Crippen molar-refractivity contribution in [2.24, 2.45) is 0 Å². The zero-order valence-corrected chi connectivity index (χ0v) is 8.33. The van der Waals surface area contributed by atoms with Gasteiger partial charge in [0.1, 0.15) is 11.3 Å². The Morgan fingerprint density at radius 3 is 2.93 bits per heavy atom. The lowest BCUT2D eigenvalue weighted by Crippen LogP contribution is -1.89. The van der Waals surface area contributed by atoms with E-state index in [9.17, 15) is 5.11 Å². The van der Waals surface area contributed by atoms with E-state index in [1.165, 1.54) is 0 Å². The van der Waals surface area contributed by atoms with Crippen molar-refractivity contribution >= 4 is 22.5 Å². The normalized spacial score (nSPS) is 10.6. The first-order chi connectivity index (χ1) is 6.83. The van der Waals surface area contributed by atoms with Crippen molar-refractivity contribution in [3.63, 3.8) is 0 Å². The highest BCUT2D eigenvalue weighted by atomic mass is 35.5. The lowest BCUT2D eigenvalue weighted by atomic mass is 10.1. The number of hydrogen-bond acceptors (Lipinski definition) is 2. The van der Waals surface area contributed by atoms with Crippen molar-refractivity contribution in [3.8, 4) is 5.75 Å². The van der Waals surface area contributed by atoms with Crippen LogP contribution in [0.25, 0.3) is 10.9 Å². The molecule has 0 amide bonds. The first-order valence-electron chi connectivity index (χ1n) is 4.44. The van der Waals surface area contributed by atoms with Crippen LogP contribution in [0.5, 0.6) is 5.75 Å². The van der Waals surface area contributed by atoms with Gasteiger partial charge in [0.15, 0.2) is 0 Å². The first kappa shape index (κ1) is 9.28. The molecule has 0 aliphatic carbocycles. The molecule has 0 radical (unpaired) electrons. The van der Waals surface area contributed by atoms with E-state index in [4.69, 9.17) is 11.6 Å². The molecule has 0 fully saturated rings. The van der Waals surface area contributed by atoms with E-state index in [1.54, 1.807) is 12.3 Å². The lowest BCUT2D eigenvalue weighted by molar-refractivity contribution is 0.480. The summed E-state index contributed by atoms with van der Waals surface area (Å²) < 4.78 is 0. The van der Waals surface area contributed by atoms with Crippen LogP contribution in [0.1, 0.15) is 5.56 Å². The number of pyridine rings is 1. The third-order valence-electron chi connectivity index (χ3n) is 2.20. The zero-order valence-electron chi connectivity index (χ0n) is 7.57. The van der Waals surface area contributed by atoms with Gasteiger partial charge in [-0.15, -0.1) is 11.6 Å². The molecule has 0 atom stereocenters. The Balaban J connectivity index is 2.68. The summed E-state index contributed by atoms with van der Waals surface area (Å²) in [6.45, 7) is 0. The van der Waals surface area contributed by atoms with Crippen LogP contribution < -0.4 is 0 Å². The van der Waals surface area contributed by atoms with E-state index in [0.717, 1.165) is 17.4 Å². The number of phenols is 1. The van der Waals surface area contributed by atoms with E-state index in [-0.39, 0.29) is 5.75 Å². The molecule has 2 nitrogen and oxygen atoms in total. The Labute approximate surface area is 87.2 Å². The van der Waals surface area contributed by atoms with Crippen LogP contribution in [-0.2, 0) is 6.42 Å². The van der Waals surface area contributed by atoms with Gasteiger partial charge in [-0.1, -0.05) is 12.1 Å². The molecule has 2 aromatic rings. The third kappa shape index (κ3) is 1.53. The predicted octanol–water partition coefficient (Wildman–Crippen LogP) is 2.72. The number of hydrogen-bond donors (Lipinski definition) is 1. The van der Waals surface area contributed by atoms with E-state index in [1.807, 2.05) is 18.2 Å². The number of aromatic nitrogens is 1. The van der Waals surface area contributed by atoms with Gasteiger partial charge in [-0.05, 0) is 24.1 Å². The van der Waals surface area contributed by atoms with Crippen LogP contribution in [0.2, 0.25) is 0 Å². The Morgan fingerprint density at radius 1 is 1.29 bits per heavy atom. The summed E-state index contributed by atoms with van der Waals surface area (Å²) in [4.78, 5) is 4.13. The summed E-state index contributed by atoms with van der Waals surface area (Å²) in [5.41, 5.74) is 1.77.